The Kier molecular flexibility index (Phi) is 4.92. The van der Waals surface area contributed by atoms with Gasteiger partial charge in [-0.1, -0.05) is 30.3 Å². The van der Waals surface area contributed by atoms with Gasteiger partial charge in [0.1, 0.15) is 18.9 Å². The monoisotopic (exact) mass is 290 g/mol. The lowest BCUT2D eigenvalue weighted by molar-refractivity contribution is -0.141. The van der Waals surface area contributed by atoms with E-state index in [-0.39, 0.29) is 19.1 Å². The Labute approximate surface area is 123 Å². The molecule has 21 heavy (non-hydrogen) atoms. The first kappa shape index (κ1) is 15.0. The summed E-state index contributed by atoms with van der Waals surface area (Å²) in [6.07, 6.45) is 0.180. The van der Waals surface area contributed by atoms with Gasteiger partial charge in [-0.3, -0.25) is 9.69 Å². The van der Waals surface area contributed by atoms with Crippen molar-refractivity contribution in [1.82, 2.24) is 9.80 Å². The van der Waals surface area contributed by atoms with Gasteiger partial charge in [-0.15, -0.1) is 0 Å². The third-order valence-corrected chi connectivity index (χ3v) is 3.48. The minimum atomic E-state index is -0.609. The van der Waals surface area contributed by atoms with Crippen LogP contribution < -0.4 is 0 Å². The summed E-state index contributed by atoms with van der Waals surface area (Å²) < 4.78 is 5.23. The number of carbonyl (C=O) groups excluding carboxylic acids is 3. The van der Waals surface area contributed by atoms with Crippen molar-refractivity contribution in [2.75, 3.05) is 19.6 Å². The molecule has 1 aromatic rings. The highest BCUT2D eigenvalue weighted by Crippen LogP contribution is 2.13. The molecule has 1 aliphatic heterocycles. The molecule has 2 rings (SSSR count). The van der Waals surface area contributed by atoms with Crippen molar-refractivity contribution >= 4 is 18.3 Å². The van der Waals surface area contributed by atoms with E-state index in [0.29, 0.717) is 19.4 Å². The molecule has 1 fully saturated rings. The number of hydrogen-bond acceptors (Lipinski definition) is 4. The molecule has 0 N–H and O–H groups in total. The molecule has 1 aliphatic rings. The van der Waals surface area contributed by atoms with Crippen molar-refractivity contribution in [3.05, 3.63) is 35.9 Å². The third kappa shape index (κ3) is 3.59. The predicted molar refractivity (Wildman–Crippen MR) is 75.4 cm³/mol. The predicted octanol–water partition coefficient (Wildman–Crippen LogP) is 1.05. The number of ether oxygens (including phenoxy) is 1. The SMILES string of the molecule is C[C@H]1C(=O)N(CC=O)CCN1C(=O)OCc1ccccc1. The zero-order valence-corrected chi connectivity index (χ0v) is 11.9. The van der Waals surface area contributed by atoms with Crippen LogP contribution in [0.1, 0.15) is 12.5 Å². The molecule has 1 atom stereocenters. The molecular weight excluding hydrogens is 272 g/mol. The molecule has 1 aromatic carbocycles. The first-order valence-corrected chi connectivity index (χ1v) is 6.83. The fraction of sp³-hybridized carbons (Fsp3) is 0.400. The van der Waals surface area contributed by atoms with E-state index >= 15 is 0 Å². The topological polar surface area (TPSA) is 66.9 Å². The Bertz CT molecular complexity index is 518. The molecule has 1 saturated heterocycles. The number of aldehydes is 1. The van der Waals surface area contributed by atoms with E-state index in [0.717, 1.165) is 5.56 Å². The van der Waals surface area contributed by atoms with Crippen molar-refractivity contribution < 1.29 is 19.1 Å². The Morgan fingerprint density at radius 1 is 1.33 bits per heavy atom. The summed E-state index contributed by atoms with van der Waals surface area (Å²) in [5.74, 6) is -0.231. The fourth-order valence-electron chi connectivity index (χ4n) is 2.25. The number of nitrogens with zero attached hydrogens (tertiary/aromatic N) is 2. The smallest absolute Gasteiger partial charge is 0.410 e. The Balaban J connectivity index is 1.91. The maximum absolute atomic E-state index is 12.1. The van der Waals surface area contributed by atoms with Crippen LogP contribution >= 0.6 is 0 Å². The van der Waals surface area contributed by atoms with Crippen molar-refractivity contribution in [1.29, 1.82) is 0 Å². The van der Waals surface area contributed by atoms with Gasteiger partial charge in [-0.2, -0.15) is 0 Å². The fourth-order valence-corrected chi connectivity index (χ4v) is 2.25. The minimum Gasteiger partial charge on any atom is -0.445 e. The van der Waals surface area contributed by atoms with E-state index in [1.165, 1.54) is 9.80 Å². The lowest BCUT2D eigenvalue weighted by atomic mass is 10.2. The van der Waals surface area contributed by atoms with Crippen LogP contribution in [0.25, 0.3) is 0 Å². The van der Waals surface area contributed by atoms with E-state index in [2.05, 4.69) is 0 Å². The number of piperazine rings is 1. The first-order chi connectivity index (χ1) is 10.1. The van der Waals surface area contributed by atoms with Gasteiger partial charge in [0.05, 0.1) is 6.54 Å². The number of rotatable bonds is 4. The molecule has 6 nitrogen and oxygen atoms in total. The standard InChI is InChI=1S/C15H18N2O4/c1-12-14(19)16(9-10-18)7-8-17(12)15(20)21-11-13-5-3-2-4-6-13/h2-6,10,12H,7-9,11H2,1H3/t12-/m0/s1. The maximum Gasteiger partial charge on any atom is 0.410 e. The summed E-state index contributed by atoms with van der Waals surface area (Å²) in [5, 5.41) is 0. The summed E-state index contributed by atoms with van der Waals surface area (Å²) in [4.78, 5) is 37.4. The van der Waals surface area contributed by atoms with Gasteiger partial charge in [0.2, 0.25) is 5.91 Å². The van der Waals surface area contributed by atoms with Crippen LogP contribution in [0.15, 0.2) is 30.3 Å². The second kappa shape index (κ2) is 6.88. The summed E-state index contributed by atoms with van der Waals surface area (Å²) in [6.45, 7) is 2.60. The van der Waals surface area contributed by atoms with E-state index in [4.69, 9.17) is 4.74 Å². The van der Waals surface area contributed by atoms with Gasteiger partial charge in [0.15, 0.2) is 0 Å². The molecule has 0 aliphatic carbocycles. The van der Waals surface area contributed by atoms with Crippen molar-refractivity contribution in [3.8, 4) is 0 Å². The van der Waals surface area contributed by atoms with Crippen LogP contribution in [0.2, 0.25) is 0 Å². The quantitative estimate of drug-likeness (QED) is 0.778. The van der Waals surface area contributed by atoms with E-state index in [9.17, 15) is 14.4 Å². The van der Waals surface area contributed by atoms with Crippen molar-refractivity contribution in [2.45, 2.75) is 19.6 Å². The van der Waals surface area contributed by atoms with Gasteiger partial charge in [-0.05, 0) is 12.5 Å². The molecular formula is C15H18N2O4. The van der Waals surface area contributed by atoms with Gasteiger partial charge < -0.3 is 14.4 Å². The van der Waals surface area contributed by atoms with Crippen LogP contribution in [0.5, 0.6) is 0 Å². The number of benzene rings is 1. The molecule has 0 aromatic heterocycles. The number of carbonyl (C=O) groups is 3. The van der Waals surface area contributed by atoms with Crippen molar-refractivity contribution in [3.63, 3.8) is 0 Å². The molecule has 0 unspecified atom stereocenters. The second-order valence-electron chi connectivity index (χ2n) is 4.86. The Hall–Kier alpha value is -2.37. The van der Waals surface area contributed by atoms with Crippen molar-refractivity contribution in [2.24, 2.45) is 0 Å². The molecule has 0 saturated carbocycles. The van der Waals surface area contributed by atoms with E-state index in [1.54, 1.807) is 6.92 Å². The van der Waals surface area contributed by atoms with Gasteiger partial charge in [0, 0.05) is 13.1 Å². The van der Waals surface area contributed by atoms with Crippen LogP contribution in [0.3, 0.4) is 0 Å². The van der Waals surface area contributed by atoms with Crippen LogP contribution in [-0.2, 0) is 20.9 Å². The molecule has 0 radical (unpaired) electrons. The Morgan fingerprint density at radius 3 is 2.71 bits per heavy atom. The molecule has 112 valence electrons. The molecule has 0 bridgehead atoms. The highest BCUT2D eigenvalue weighted by Gasteiger charge is 2.34. The third-order valence-electron chi connectivity index (χ3n) is 3.48. The zero-order valence-electron chi connectivity index (χ0n) is 11.9. The molecule has 6 heteroatoms. The average molecular weight is 290 g/mol. The van der Waals surface area contributed by atoms with Crippen LogP contribution in [-0.4, -0.2) is 53.8 Å². The molecule has 1 heterocycles. The van der Waals surface area contributed by atoms with E-state index in [1.807, 2.05) is 30.3 Å². The van der Waals surface area contributed by atoms with Gasteiger partial charge in [0.25, 0.3) is 0 Å². The highest BCUT2D eigenvalue weighted by atomic mass is 16.6. The van der Waals surface area contributed by atoms with Crippen LogP contribution in [0, 0.1) is 0 Å². The summed E-state index contributed by atoms with van der Waals surface area (Å²) in [5.41, 5.74) is 0.893. The van der Waals surface area contributed by atoms with Gasteiger partial charge >= 0.3 is 6.09 Å². The highest BCUT2D eigenvalue weighted by molar-refractivity contribution is 5.87. The number of amides is 2. The lowest BCUT2D eigenvalue weighted by Gasteiger charge is -2.37. The zero-order chi connectivity index (χ0) is 15.2. The normalized spacial score (nSPS) is 18.5. The lowest BCUT2D eigenvalue weighted by Crippen LogP contribution is -2.57. The maximum atomic E-state index is 12.1. The largest absolute Gasteiger partial charge is 0.445 e. The molecule has 2 amide bonds. The van der Waals surface area contributed by atoms with Crippen LogP contribution in [0.4, 0.5) is 4.79 Å². The number of hydrogen-bond donors (Lipinski definition) is 0. The minimum absolute atomic E-state index is 0.0656. The van der Waals surface area contributed by atoms with E-state index < -0.39 is 12.1 Å². The first-order valence-electron chi connectivity index (χ1n) is 6.83. The average Bonchev–Trinajstić information content (AvgIpc) is 2.51. The molecule has 0 spiro atoms. The van der Waals surface area contributed by atoms with Gasteiger partial charge in [-0.25, -0.2) is 4.79 Å². The summed E-state index contributed by atoms with van der Waals surface area (Å²) in [7, 11) is 0. The Morgan fingerprint density at radius 2 is 2.05 bits per heavy atom. The second-order valence-corrected chi connectivity index (χ2v) is 4.86. The summed E-state index contributed by atoms with van der Waals surface area (Å²) >= 11 is 0. The summed E-state index contributed by atoms with van der Waals surface area (Å²) in [6, 6.07) is 8.75.